The zero-order chi connectivity index (χ0) is 13.0. The molecule has 0 radical (unpaired) electrons. The standard InChI is InChI=1S/C13H12N4O/c1-9-13(16-17-14)12(7-8-15-9)10-3-5-11(18-2)6-4-10/h3-8H,1-2H3. The molecule has 1 aromatic carbocycles. The van der Waals surface area contributed by atoms with Crippen LogP contribution in [0.1, 0.15) is 5.69 Å². The summed E-state index contributed by atoms with van der Waals surface area (Å²) in [6.07, 6.45) is 1.70. The van der Waals surface area contributed by atoms with E-state index in [0.29, 0.717) is 11.4 Å². The molecular formula is C13H12N4O. The number of ether oxygens (including phenoxy) is 1. The van der Waals surface area contributed by atoms with E-state index < -0.39 is 0 Å². The molecule has 0 aliphatic carbocycles. The molecule has 5 heteroatoms. The first kappa shape index (κ1) is 12.0. The van der Waals surface area contributed by atoms with Gasteiger partial charge in [-0.1, -0.05) is 17.2 Å². The van der Waals surface area contributed by atoms with E-state index >= 15 is 0 Å². The quantitative estimate of drug-likeness (QED) is 0.462. The van der Waals surface area contributed by atoms with Crippen LogP contribution in [0, 0.1) is 6.92 Å². The molecule has 0 N–H and O–H groups in total. The highest BCUT2D eigenvalue weighted by Crippen LogP contribution is 2.32. The van der Waals surface area contributed by atoms with Crippen LogP contribution < -0.4 is 4.74 Å². The van der Waals surface area contributed by atoms with Gasteiger partial charge in [0.2, 0.25) is 0 Å². The number of benzene rings is 1. The van der Waals surface area contributed by atoms with Gasteiger partial charge in [-0.2, -0.15) is 0 Å². The largest absolute Gasteiger partial charge is 0.497 e. The number of pyridine rings is 1. The third-order valence-corrected chi connectivity index (χ3v) is 2.65. The number of hydrogen-bond acceptors (Lipinski definition) is 3. The van der Waals surface area contributed by atoms with E-state index in [1.807, 2.05) is 37.3 Å². The molecular weight excluding hydrogens is 228 g/mol. The molecule has 0 aliphatic heterocycles. The Morgan fingerprint density at radius 2 is 1.94 bits per heavy atom. The molecule has 0 fully saturated rings. The van der Waals surface area contributed by atoms with Crippen molar-refractivity contribution in [3.63, 3.8) is 0 Å². The molecule has 0 amide bonds. The number of azide groups is 1. The highest BCUT2D eigenvalue weighted by Gasteiger charge is 2.07. The van der Waals surface area contributed by atoms with Gasteiger partial charge in [-0.3, -0.25) is 4.98 Å². The Morgan fingerprint density at radius 3 is 2.56 bits per heavy atom. The number of nitrogens with zero attached hydrogens (tertiary/aromatic N) is 4. The van der Waals surface area contributed by atoms with Gasteiger partial charge in [-0.25, -0.2) is 0 Å². The summed E-state index contributed by atoms with van der Waals surface area (Å²) < 4.78 is 5.11. The Bertz CT molecular complexity index is 601. The second-order valence-corrected chi connectivity index (χ2v) is 3.71. The number of aryl methyl sites for hydroxylation is 1. The SMILES string of the molecule is COc1ccc(-c2ccnc(C)c2N=[N+]=[N-])cc1. The van der Waals surface area contributed by atoms with Gasteiger partial charge in [0.15, 0.2) is 0 Å². The molecule has 2 rings (SSSR count). The van der Waals surface area contributed by atoms with E-state index in [9.17, 15) is 0 Å². The molecule has 0 saturated heterocycles. The molecule has 18 heavy (non-hydrogen) atoms. The number of hydrogen-bond donors (Lipinski definition) is 0. The van der Waals surface area contributed by atoms with Crippen LogP contribution in [0.3, 0.4) is 0 Å². The van der Waals surface area contributed by atoms with Crippen molar-refractivity contribution < 1.29 is 4.74 Å². The Morgan fingerprint density at radius 1 is 1.22 bits per heavy atom. The van der Waals surface area contributed by atoms with E-state index in [0.717, 1.165) is 16.9 Å². The van der Waals surface area contributed by atoms with Crippen molar-refractivity contribution in [2.45, 2.75) is 6.92 Å². The lowest BCUT2D eigenvalue weighted by Gasteiger charge is -2.08. The van der Waals surface area contributed by atoms with Crippen molar-refractivity contribution in [2.75, 3.05) is 7.11 Å². The lowest BCUT2D eigenvalue weighted by Crippen LogP contribution is -1.86. The second kappa shape index (κ2) is 5.21. The molecule has 0 saturated carbocycles. The van der Waals surface area contributed by atoms with E-state index in [4.69, 9.17) is 10.3 Å². The maximum absolute atomic E-state index is 8.61. The van der Waals surface area contributed by atoms with Crippen LogP contribution >= 0.6 is 0 Å². The maximum Gasteiger partial charge on any atom is 0.118 e. The first-order valence-electron chi connectivity index (χ1n) is 5.41. The molecule has 1 aromatic heterocycles. The Balaban J connectivity index is 2.55. The Labute approximate surface area is 105 Å². The van der Waals surface area contributed by atoms with Crippen LogP contribution in [0.15, 0.2) is 41.6 Å². The van der Waals surface area contributed by atoms with Crippen LogP contribution in [0.25, 0.3) is 21.6 Å². The zero-order valence-electron chi connectivity index (χ0n) is 10.2. The molecule has 90 valence electrons. The molecule has 0 aliphatic rings. The van der Waals surface area contributed by atoms with E-state index in [2.05, 4.69) is 15.0 Å². The second-order valence-electron chi connectivity index (χ2n) is 3.71. The van der Waals surface area contributed by atoms with E-state index in [1.165, 1.54) is 0 Å². The predicted octanol–water partition coefficient (Wildman–Crippen LogP) is 4.01. The molecule has 0 unspecified atom stereocenters. The monoisotopic (exact) mass is 240 g/mol. The summed E-state index contributed by atoms with van der Waals surface area (Å²) in [5.74, 6) is 0.787. The minimum Gasteiger partial charge on any atom is -0.497 e. The molecule has 2 aromatic rings. The third-order valence-electron chi connectivity index (χ3n) is 2.65. The number of aromatic nitrogens is 1. The Hall–Kier alpha value is -2.52. The average Bonchev–Trinajstić information content (AvgIpc) is 2.41. The lowest BCUT2D eigenvalue weighted by atomic mass is 10.0. The summed E-state index contributed by atoms with van der Waals surface area (Å²) in [6.45, 7) is 1.82. The normalized spacial score (nSPS) is 9.67. The van der Waals surface area contributed by atoms with Gasteiger partial charge in [0, 0.05) is 16.8 Å². The van der Waals surface area contributed by atoms with Crippen molar-refractivity contribution in [1.82, 2.24) is 4.98 Å². The van der Waals surface area contributed by atoms with Crippen LogP contribution in [0.2, 0.25) is 0 Å². The minimum absolute atomic E-state index is 0.560. The van der Waals surface area contributed by atoms with Crippen molar-refractivity contribution in [2.24, 2.45) is 5.11 Å². The lowest BCUT2D eigenvalue weighted by molar-refractivity contribution is 0.415. The van der Waals surface area contributed by atoms with Crippen molar-refractivity contribution in [1.29, 1.82) is 0 Å². The van der Waals surface area contributed by atoms with Crippen molar-refractivity contribution in [3.05, 3.63) is 52.7 Å². The highest BCUT2D eigenvalue weighted by molar-refractivity contribution is 5.77. The predicted molar refractivity (Wildman–Crippen MR) is 69.8 cm³/mol. The van der Waals surface area contributed by atoms with Gasteiger partial charge in [0.05, 0.1) is 12.8 Å². The van der Waals surface area contributed by atoms with Gasteiger partial charge in [0.1, 0.15) is 5.75 Å². The van der Waals surface area contributed by atoms with Gasteiger partial charge >= 0.3 is 0 Å². The van der Waals surface area contributed by atoms with Crippen LogP contribution in [0.5, 0.6) is 5.75 Å². The summed E-state index contributed by atoms with van der Waals surface area (Å²) in [5, 5.41) is 3.71. The molecule has 0 atom stereocenters. The third kappa shape index (κ3) is 2.26. The van der Waals surface area contributed by atoms with Crippen molar-refractivity contribution in [3.8, 4) is 16.9 Å². The van der Waals surface area contributed by atoms with E-state index in [-0.39, 0.29) is 0 Å². The molecule has 0 spiro atoms. The van der Waals surface area contributed by atoms with Gasteiger partial charge in [-0.05, 0) is 41.8 Å². The molecule has 5 nitrogen and oxygen atoms in total. The first-order valence-corrected chi connectivity index (χ1v) is 5.41. The van der Waals surface area contributed by atoms with Crippen LogP contribution in [0.4, 0.5) is 5.69 Å². The maximum atomic E-state index is 8.61. The van der Waals surface area contributed by atoms with E-state index in [1.54, 1.807) is 13.3 Å². The minimum atomic E-state index is 0.560. The fourth-order valence-corrected chi connectivity index (χ4v) is 1.73. The van der Waals surface area contributed by atoms with Gasteiger partial charge in [0.25, 0.3) is 0 Å². The molecule has 1 heterocycles. The summed E-state index contributed by atoms with van der Waals surface area (Å²) >= 11 is 0. The first-order chi connectivity index (χ1) is 8.76. The summed E-state index contributed by atoms with van der Waals surface area (Å²) in [6, 6.07) is 9.41. The molecule has 0 bridgehead atoms. The highest BCUT2D eigenvalue weighted by atomic mass is 16.5. The average molecular weight is 240 g/mol. The van der Waals surface area contributed by atoms with Gasteiger partial charge in [-0.15, -0.1) is 0 Å². The summed E-state index contributed by atoms with van der Waals surface area (Å²) in [7, 11) is 1.62. The summed E-state index contributed by atoms with van der Waals surface area (Å²) in [5.41, 5.74) is 11.7. The topological polar surface area (TPSA) is 70.9 Å². The fraction of sp³-hybridized carbons (Fsp3) is 0.154. The smallest absolute Gasteiger partial charge is 0.118 e. The van der Waals surface area contributed by atoms with Crippen LogP contribution in [-0.4, -0.2) is 12.1 Å². The Kier molecular flexibility index (Phi) is 3.46. The fourth-order valence-electron chi connectivity index (χ4n) is 1.73. The number of methoxy groups -OCH3 is 1. The zero-order valence-corrected chi connectivity index (χ0v) is 10.2. The van der Waals surface area contributed by atoms with Crippen LogP contribution in [-0.2, 0) is 0 Å². The summed E-state index contributed by atoms with van der Waals surface area (Å²) in [4.78, 5) is 6.98. The van der Waals surface area contributed by atoms with Crippen molar-refractivity contribution >= 4 is 5.69 Å². The number of rotatable bonds is 3. The van der Waals surface area contributed by atoms with Gasteiger partial charge < -0.3 is 4.74 Å².